The fraction of sp³-hybridized carbons (Fsp3) is 0.391. The molecule has 0 spiro atoms. The van der Waals surface area contributed by atoms with Gasteiger partial charge in [-0.3, -0.25) is 10.1 Å². The summed E-state index contributed by atoms with van der Waals surface area (Å²) in [5.74, 6) is -4.81. The number of aliphatic carboxylic acids is 1. The maximum atomic E-state index is 15.3. The summed E-state index contributed by atoms with van der Waals surface area (Å²) >= 11 is 11.9. The van der Waals surface area contributed by atoms with Gasteiger partial charge in [-0.15, -0.1) is 0 Å². The molecule has 5 nitrogen and oxygen atoms in total. The van der Waals surface area contributed by atoms with Crippen molar-refractivity contribution in [1.29, 1.82) is 5.26 Å². The third-order valence-electron chi connectivity index (χ3n) is 6.68. The predicted molar refractivity (Wildman–Crippen MR) is 114 cm³/mol. The predicted octanol–water partition coefficient (Wildman–Crippen LogP) is 4.26. The third-order valence-corrected chi connectivity index (χ3v) is 7.21. The zero-order valence-corrected chi connectivity index (χ0v) is 18.2. The fourth-order valence-electron chi connectivity index (χ4n) is 5.15. The standard InChI is InChI=1S/C23H20Cl2F2N2O3/c24-12-6-7-15(17(26)8-12)23(10-28)18(13-2-1-3-16(25)19(13)27)20(22(31)32)29-21(23)14(9-30)11-4-5-11/h1-3,6-8,11,14,18,20-21,29-30H,4-5,9H2,(H,31,32)/t14?,18-,20+,21-,23+/m1/s1. The molecule has 5 atom stereocenters. The van der Waals surface area contributed by atoms with Crippen LogP contribution in [0.15, 0.2) is 36.4 Å². The zero-order valence-electron chi connectivity index (χ0n) is 16.7. The number of halogens is 4. The summed E-state index contributed by atoms with van der Waals surface area (Å²) < 4.78 is 30.5. The molecule has 0 radical (unpaired) electrons. The Bertz CT molecular complexity index is 1110. The van der Waals surface area contributed by atoms with Crippen LogP contribution < -0.4 is 5.32 Å². The molecule has 1 unspecified atom stereocenters. The van der Waals surface area contributed by atoms with Gasteiger partial charge in [-0.1, -0.05) is 41.4 Å². The van der Waals surface area contributed by atoms with Gasteiger partial charge in [0.25, 0.3) is 0 Å². The summed E-state index contributed by atoms with van der Waals surface area (Å²) in [7, 11) is 0. The summed E-state index contributed by atoms with van der Waals surface area (Å²) in [5.41, 5.74) is -2.06. The lowest BCUT2D eigenvalue weighted by Crippen LogP contribution is -2.49. The molecule has 3 N–H and O–H groups in total. The Hall–Kier alpha value is -2.24. The number of aliphatic hydroxyl groups is 1. The molecule has 1 aliphatic carbocycles. The molecular formula is C23H20Cl2F2N2O3. The normalized spacial score (nSPS) is 28.3. The SMILES string of the molecule is N#C[C@@]1(c2ccc(Cl)cc2F)[C@@H](C(CO)C2CC2)N[C@H](C(=O)O)[C@H]1c1cccc(Cl)c1F. The second-order valence-electron chi connectivity index (χ2n) is 8.37. The minimum absolute atomic E-state index is 0.0398. The Morgan fingerprint density at radius 2 is 2.00 bits per heavy atom. The van der Waals surface area contributed by atoms with Crippen LogP contribution in [-0.2, 0) is 10.2 Å². The summed E-state index contributed by atoms with van der Waals surface area (Å²) in [6, 6.07) is 7.68. The van der Waals surface area contributed by atoms with Gasteiger partial charge in [0.05, 0.1) is 11.1 Å². The van der Waals surface area contributed by atoms with Crippen molar-refractivity contribution in [3.8, 4) is 6.07 Å². The number of rotatable bonds is 6. The number of nitriles is 1. The van der Waals surface area contributed by atoms with Gasteiger partial charge in [-0.05, 0) is 42.5 Å². The Kier molecular flexibility index (Phi) is 6.17. The van der Waals surface area contributed by atoms with Crippen LogP contribution in [0, 0.1) is 34.8 Å². The van der Waals surface area contributed by atoms with Crippen LogP contribution in [0.1, 0.15) is 29.9 Å². The quantitative estimate of drug-likeness (QED) is 0.574. The maximum absolute atomic E-state index is 15.3. The Labute approximate surface area is 193 Å². The van der Waals surface area contributed by atoms with Crippen LogP contribution in [0.5, 0.6) is 0 Å². The van der Waals surface area contributed by atoms with E-state index < -0.39 is 46.9 Å². The van der Waals surface area contributed by atoms with Crippen molar-refractivity contribution >= 4 is 29.2 Å². The monoisotopic (exact) mass is 480 g/mol. The van der Waals surface area contributed by atoms with E-state index in [1.165, 1.54) is 30.3 Å². The molecule has 9 heteroatoms. The van der Waals surface area contributed by atoms with Crippen molar-refractivity contribution in [2.75, 3.05) is 6.61 Å². The van der Waals surface area contributed by atoms with Crippen molar-refractivity contribution in [3.63, 3.8) is 0 Å². The summed E-state index contributed by atoms with van der Waals surface area (Å²) in [6.07, 6.45) is 1.59. The molecule has 1 saturated heterocycles. The van der Waals surface area contributed by atoms with Gasteiger partial charge in [-0.25, -0.2) is 8.78 Å². The van der Waals surface area contributed by atoms with Crippen molar-refractivity contribution in [3.05, 3.63) is 69.2 Å². The minimum atomic E-state index is -1.85. The van der Waals surface area contributed by atoms with Gasteiger partial charge in [0.2, 0.25) is 0 Å². The molecule has 0 amide bonds. The van der Waals surface area contributed by atoms with Gasteiger partial charge >= 0.3 is 5.97 Å². The fourth-order valence-corrected chi connectivity index (χ4v) is 5.49. The van der Waals surface area contributed by atoms with E-state index in [0.29, 0.717) is 0 Å². The van der Waals surface area contributed by atoms with Crippen molar-refractivity contribution in [2.45, 2.75) is 36.3 Å². The van der Waals surface area contributed by atoms with Gasteiger partial charge in [0.15, 0.2) is 0 Å². The number of nitrogens with one attached hydrogen (secondary N) is 1. The van der Waals surface area contributed by atoms with Crippen molar-refractivity contribution < 1.29 is 23.8 Å². The average Bonchev–Trinajstić information content (AvgIpc) is 3.52. The highest BCUT2D eigenvalue weighted by Gasteiger charge is 2.63. The lowest BCUT2D eigenvalue weighted by molar-refractivity contribution is -0.139. The molecule has 1 heterocycles. The first-order chi connectivity index (χ1) is 15.3. The van der Waals surface area contributed by atoms with Crippen molar-refractivity contribution in [2.24, 2.45) is 11.8 Å². The van der Waals surface area contributed by atoms with E-state index in [1.807, 2.05) is 0 Å². The lowest BCUT2D eigenvalue weighted by Gasteiger charge is -2.38. The van der Waals surface area contributed by atoms with Crippen molar-refractivity contribution in [1.82, 2.24) is 5.32 Å². The molecule has 0 bridgehead atoms. The highest BCUT2D eigenvalue weighted by Crippen LogP contribution is 2.55. The smallest absolute Gasteiger partial charge is 0.321 e. The Morgan fingerprint density at radius 3 is 2.56 bits per heavy atom. The van der Waals surface area contributed by atoms with E-state index in [4.69, 9.17) is 23.2 Å². The third kappa shape index (κ3) is 3.56. The maximum Gasteiger partial charge on any atom is 0.321 e. The van der Waals surface area contributed by atoms with Crippen LogP contribution in [-0.4, -0.2) is 34.9 Å². The molecule has 1 aliphatic heterocycles. The highest BCUT2D eigenvalue weighted by molar-refractivity contribution is 6.31. The zero-order chi connectivity index (χ0) is 23.2. The number of benzene rings is 2. The number of carbonyl (C=O) groups is 1. The van der Waals surface area contributed by atoms with Gasteiger partial charge < -0.3 is 10.2 Å². The molecule has 32 heavy (non-hydrogen) atoms. The van der Waals surface area contributed by atoms with E-state index in [1.54, 1.807) is 0 Å². The number of hydrogen-bond acceptors (Lipinski definition) is 4. The van der Waals surface area contributed by atoms with E-state index in [-0.39, 0.29) is 33.7 Å². The van der Waals surface area contributed by atoms with Crippen LogP contribution in [0.2, 0.25) is 10.0 Å². The number of carboxylic acid groups (broad SMARTS) is 1. The Morgan fingerprint density at radius 1 is 1.28 bits per heavy atom. The molecule has 2 aromatic rings. The Balaban J connectivity index is 2.04. The molecule has 168 valence electrons. The number of aliphatic hydroxyl groups excluding tert-OH is 1. The highest BCUT2D eigenvalue weighted by atomic mass is 35.5. The van der Waals surface area contributed by atoms with E-state index in [0.717, 1.165) is 18.9 Å². The first-order valence-electron chi connectivity index (χ1n) is 10.2. The second kappa shape index (κ2) is 8.60. The first-order valence-corrected chi connectivity index (χ1v) is 10.9. The van der Waals surface area contributed by atoms with Crippen LogP contribution in [0.4, 0.5) is 8.78 Å². The van der Waals surface area contributed by atoms with Crippen LogP contribution in [0.25, 0.3) is 0 Å². The lowest BCUT2D eigenvalue weighted by atomic mass is 9.62. The molecule has 0 aromatic heterocycles. The number of hydrogen-bond donors (Lipinski definition) is 3. The van der Waals surface area contributed by atoms with E-state index in [9.17, 15) is 20.3 Å². The van der Waals surface area contributed by atoms with E-state index >= 15 is 8.78 Å². The topological polar surface area (TPSA) is 93.4 Å². The van der Waals surface area contributed by atoms with Gasteiger partial charge in [0.1, 0.15) is 23.1 Å². The second-order valence-corrected chi connectivity index (χ2v) is 9.21. The minimum Gasteiger partial charge on any atom is -0.480 e. The summed E-state index contributed by atoms with van der Waals surface area (Å²) in [5, 5.41) is 33.5. The van der Waals surface area contributed by atoms with Gasteiger partial charge in [0, 0.05) is 35.1 Å². The molecule has 2 fully saturated rings. The molecule has 2 aliphatic rings. The molecule has 1 saturated carbocycles. The number of nitrogens with zero attached hydrogens (tertiary/aromatic N) is 1. The first kappa shape index (κ1) is 22.9. The van der Waals surface area contributed by atoms with Gasteiger partial charge in [-0.2, -0.15) is 5.26 Å². The summed E-state index contributed by atoms with van der Waals surface area (Å²) in [6.45, 7) is -0.335. The summed E-state index contributed by atoms with van der Waals surface area (Å²) in [4.78, 5) is 12.3. The molecular weight excluding hydrogens is 461 g/mol. The largest absolute Gasteiger partial charge is 0.480 e. The van der Waals surface area contributed by atoms with Crippen LogP contribution in [0.3, 0.4) is 0 Å². The molecule has 4 rings (SSSR count). The van der Waals surface area contributed by atoms with E-state index in [2.05, 4.69) is 11.4 Å². The average molecular weight is 481 g/mol. The molecule has 2 aromatic carbocycles. The van der Waals surface area contributed by atoms with Crippen LogP contribution >= 0.6 is 23.2 Å². The number of carboxylic acids is 1.